The van der Waals surface area contributed by atoms with E-state index in [1.54, 1.807) is 34.9 Å². The zero-order chi connectivity index (χ0) is 19.6. The molecular formula is C21H19ClN4OS. The number of phenolic OH excluding ortho intramolecular Hbond substituents is 1. The Morgan fingerprint density at radius 3 is 2.68 bits per heavy atom. The average Bonchev–Trinajstić information content (AvgIpc) is 3.15. The number of nitriles is 1. The second-order valence-electron chi connectivity index (χ2n) is 7.08. The van der Waals surface area contributed by atoms with E-state index in [1.807, 2.05) is 6.07 Å². The van der Waals surface area contributed by atoms with Gasteiger partial charge in [-0.15, -0.1) is 11.8 Å². The summed E-state index contributed by atoms with van der Waals surface area (Å²) in [5, 5.41) is 23.9. The number of hydrogen-bond acceptors (Lipinski definition) is 5. The summed E-state index contributed by atoms with van der Waals surface area (Å²) in [5.41, 5.74) is 3.00. The fraction of sp³-hybridized carbons (Fsp3) is 0.286. The predicted octanol–water partition coefficient (Wildman–Crippen LogP) is 4.92. The zero-order valence-electron chi connectivity index (χ0n) is 15.2. The van der Waals surface area contributed by atoms with Crippen LogP contribution in [0.5, 0.6) is 5.75 Å². The van der Waals surface area contributed by atoms with E-state index in [1.165, 1.54) is 6.33 Å². The van der Waals surface area contributed by atoms with Gasteiger partial charge in [0.15, 0.2) is 0 Å². The van der Waals surface area contributed by atoms with Crippen molar-refractivity contribution in [2.24, 2.45) is 0 Å². The molecule has 28 heavy (non-hydrogen) atoms. The molecule has 0 amide bonds. The highest BCUT2D eigenvalue weighted by molar-refractivity contribution is 7.98. The van der Waals surface area contributed by atoms with Gasteiger partial charge < -0.3 is 5.11 Å². The number of hydrogen-bond donors (Lipinski definition) is 1. The lowest BCUT2D eigenvalue weighted by atomic mass is 9.65. The smallest absolute Gasteiger partial charge is 0.137 e. The lowest BCUT2D eigenvalue weighted by molar-refractivity contribution is 0.323. The summed E-state index contributed by atoms with van der Waals surface area (Å²) in [5.74, 6) is 0.838. The van der Waals surface area contributed by atoms with Crippen LogP contribution in [0.1, 0.15) is 36.0 Å². The lowest BCUT2D eigenvalue weighted by Crippen LogP contribution is -2.32. The Morgan fingerprint density at radius 2 is 2.04 bits per heavy atom. The van der Waals surface area contributed by atoms with E-state index in [0.29, 0.717) is 11.6 Å². The van der Waals surface area contributed by atoms with Crippen LogP contribution >= 0.6 is 23.4 Å². The van der Waals surface area contributed by atoms with Gasteiger partial charge in [0.05, 0.1) is 23.1 Å². The van der Waals surface area contributed by atoms with Crippen LogP contribution in [0.4, 0.5) is 0 Å². The van der Waals surface area contributed by atoms with Gasteiger partial charge in [-0.2, -0.15) is 10.4 Å². The molecule has 0 atom stereocenters. The van der Waals surface area contributed by atoms with Crippen molar-refractivity contribution in [3.05, 3.63) is 70.8 Å². The third-order valence-electron chi connectivity index (χ3n) is 5.16. The minimum Gasteiger partial charge on any atom is -0.506 e. The van der Waals surface area contributed by atoms with Crippen LogP contribution in [0.3, 0.4) is 0 Å². The first-order valence-corrected chi connectivity index (χ1v) is 10.4. The maximum absolute atomic E-state index is 9.77. The molecule has 1 aliphatic rings. The number of aromatic nitrogens is 3. The van der Waals surface area contributed by atoms with E-state index in [4.69, 9.17) is 11.6 Å². The Labute approximate surface area is 173 Å². The van der Waals surface area contributed by atoms with Crippen LogP contribution in [-0.4, -0.2) is 19.9 Å². The van der Waals surface area contributed by atoms with E-state index in [-0.39, 0.29) is 11.2 Å². The Morgan fingerprint density at radius 1 is 1.21 bits per heavy atom. The van der Waals surface area contributed by atoms with Crippen LogP contribution in [0, 0.1) is 11.3 Å². The van der Waals surface area contributed by atoms with Gasteiger partial charge in [-0.05, 0) is 54.2 Å². The maximum Gasteiger partial charge on any atom is 0.137 e. The lowest BCUT2D eigenvalue weighted by Gasteiger charge is -2.36. The molecule has 0 saturated heterocycles. The number of thioether (sulfide) groups is 1. The first-order valence-electron chi connectivity index (χ1n) is 9.06. The summed E-state index contributed by atoms with van der Waals surface area (Å²) in [7, 11) is 0. The van der Waals surface area contributed by atoms with Gasteiger partial charge >= 0.3 is 0 Å². The molecule has 3 aromatic rings. The summed E-state index contributed by atoms with van der Waals surface area (Å²) >= 11 is 7.67. The molecule has 1 aliphatic carbocycles. The minimum absolute atomic E-state index is 0.0871. The molecule has 0 radical (unpaired) electrons. The van der Waals surface area contributed by atoms with E-state index in [0.717, 1.165) is 46.6 Å². The molecule has 7 heteroatoms. The van der Waals surface area contributed by atoms with Crippen LogP contribution < -0.4 is 0 Å². The molecule has 0 spiro atoms. The van der Waals surface area contributed by atoms with Gasteiger partial charge in [0.1, 0.15) is 18.4 Å². The van der Waals surface area contributed by atoms with E-state index in [2.05, 4.69) is 34.4 Å². The fourth-order valence-electron chi connectivity index (χ4n) is 3.45. The molecule has 1 N–H and O–H groups in total. The molecule has 4 rings (SSSR count). The monoisotopic (exact) mass is 410 g/mol. The minimum atomic E-state index is -0.361. The molecule has 0 bridgehead atoms. The van der Waals surface area contributed by atoms with E-state index < -0.39 is 0 Å². The van der Waals surface area contributed by atoms with Crippen LogP contribution in [-0.2, 0) is 17.7 Å². The van der Waals surface area contributed by atoms with Crippen molar-refractivity contribution in [1.82, 2.24) is 14.8 Å². The fourth-order valence-corrected chi connectivity index (χ4v) is 4.57. The number of rotatable bonds is 6. The molecule has 1 aromatic heterocycles. The third kappa shape index (κ3) is 3.87. The van der Waals surface area contributed by atoms with Crippen molar-refractivity contribution in [3.8, 4) is 11.8 Å². The summed E-state index contributed by atoms with van der Waals surface area (Å²) in [4.78, 5) is 5.00. The van der Waals surface area contributed by atoms with E-state index >= 15 is 0 Å². The quantitative estimate of drug-likeness (QED) is 0.583. The van der Waals surface area contributed by atoms with E-state index in [9.17, 15) is 10.4 Å². The van der Waals surface area contributed by atoms with Crippen molar-refractivity contribution < 1.29 is 5.11 Å². The van der Waals surface area contributed by atoms with Crippen molar-refractivity contribution in [2.75, 3.05) is 0 Å². The van der Waals surface area contributed by atoms with Gasteiger partial charge in [-0.3, -0.25) is 0 Å². The molecule has 1 saturated carbocycles. The van der Waals surface area contributed by atoms with Crippen molar-refractivity contribution >= 4 is 23.4 Å². The largest absolute Gasteiger partial charge is 0.506 e. The Kier molecular flexibility index (Phi) is 5.29. The SMILES string of the molecule is N#CC1(c2cc(CSc3ccc(O)c(Cl)c3)cc(Cn3cncn3)c2)CCC1. The van der Waals surface area contributed by atoms with Crippen molar-refractivity contribution in [2.45, 2.75) is 41.9 Å². The topological polar surface area (TPSA) is 74.7 Å². The molecule has 0 aliphatic heterocycles. The first-order chi connectivity index (χ1) is 13.6. The summed E-state index contributed by atoms with van der Waals surface area (Å²) < 4.78 is 1.79. The number of phenols is 1. The molecule has 0 unspecified atom stereocenters. The van der Waals surface area contributed by atoms with Gasteiger partial charge in [-0.1, -0.05) is 29.8 Å². The van der Waals surface area contributed by atoms with Gasteiger partial charge in [-0.25, -0.2) is 9.67 Å². The van der Waals surface area contributed by atoms with Gasteiger partial charge in [0.25, 0.3) is 0 Å². The standard InChI is InChI=1S/C21H19ClN4OS/c22-19-9-18(2-3-20(19)27)28-11-16-6-15(10-26-14-24-13-25-26)7-17(8-16)21(12-23)4-1-5-21/h2-3,6-9,13-14,27H,1,4-5,10-11H2. The normalized spacial score (nSPS) is 15.0. The Balaban J connectivity index is 1.61. The maximum atomic E-state index is 9.77. The third-order valence-corrected chi connectivity index (χ3v) is 6.53. The summed E-state index contributed by atoms with van der Waals surface area (Å²) in [6.45, 7) is 0.623. The van der Waals surface area contributed by atoms with Crippen molar-refractivity contribution in [1.29, 1.82) is 5.26 Å². The second kappa shape index (κ2) is 7.86. The van der Waals surface area contributed by atoms with Crippen LogP contribution in [0.25, 0.3) is 0 Å². The molecule has 5 nitrogen and oxygen atoms in total. The number of aromatic hydroxyl groups is 1. The summed E-state index contributed by atoms with van der Waals surface area (Å²) in [6.07, 6.45) is 6.14. The molecular weight excluding hydrogens is 392 g/mol. The second-order valence-corrected chi connectivity index (χ2v) is 8.54. The summed E-state index contributed by atoms with van der Waals surface area (Å²) in [6, 6.07) is 14.2. The number of halogens is 1. The highest BCUT2D eigenvalue weighted by Crippen LogP contribution is 2.44. The molecule has 1 fully saturated rings. The molecule has 2 aromatic carbocycles. The Bertz CT molecular complexity index is 1030. The van der Waals surface area contributed by atoms with Gasteiger partial charge in [0, 0.05) is 10.6 Å². The number of nitrogens with zero attached hydrogens (tertiary/aromatic N) is 4. The number of benzene rings is 2. The average molecular weight is 411 g/mol. The zero-order valence-corrected chi connectivity index (χ0v) is 16.7. The van der Waals surface area contributed by atoms with Crippen LogP contribution in [0.2, 0.25) is 5.02 Å². The van der Waals surface area contributed by atoms with Crippen molar-refractivity contribution in [3.63, 3.8) is 0 Å². The Hall–Kier alpha value is -2.49. The predicted molar refractivity (Wildman–Crippen MR) is 109 cm³/mol. The molecule has 142 valence electrons. The highest BCUT2D eigenvalue weighted by atomic mass is 35.5. The highest BCUT2D eigenvalue weighted by Gasteiger charge is 2.39. The van der Waals surface area contributed by atoms with Gasteiger partial charge in [0.2, 0.25) is 0 Å². The van der Waals surface area contributed by atoms with Crippen LogP contribution in [0.15, 0.2) is 53.9 Å². The first kappa shape index (κ1) is 18.9. The molecule has 1 heterocycles.